The van der Waals surface area contributed by atoms with Crippen LogP contribution in [0.4, 0.5) is 0 Å². The molecule has 0 aromatic carbocycles. The highest BCUT2D eigenvalue weighted by atomic mass is 16.3. The van der Waals surface area contributed by atoms with Gasteiger partial charge in [0.2, 0.25) is 0 Å². The first-order valence-corrected chi connectivity index (χ1v) is 7.18. The summed E-state index contributed by atoms with van der Waals surface area (Å²) in [5.41, 5.74) is 1.27. The van der Waals surface area contributed by atoms with Crippen molar-refractivity contribution in [2.75, 3.05) is 26.2 Å². The summed E-state index contributed by atoms with van der Waals surface area (Å²) in [5.74, 6) is 0. The number of aromatic nitrogens is 1. The van der Waals surface area contributed by atoms with Gasteiger partial charge in [0, 0.05) is 57.3 Å². The zero-order valence-electron chi connectivity index (χ0n) is 12.0. The number of aliphatic hydroxyl groups is 1. The van der Waals surface area contributed by atoms with E-state index in [-0.39, 0.29) is 6.61 Å². The molecule has 0 aliphatic carbocycles. The minimum Gasteiger partial charge on any atom is -0.396 e. The van der Waals surface area contributed by atoms with Crippen LogP contribution in [-0.2, 0) is 6.54 Å². The fourth-order valence-corrected chi connectivity index (χ4v) is 2.91. The predicted molar refractivity (Wildman–Crippen MR) is 76.8 cm³/mol. The summed E-state index contributed by atoms with van der Waals surface area (Å²) >= 11 is 0. The van der Waals surface area contributed by atoms with Gasteiger partial charge >= 0.3 is 0 Å². The molecule has 0 amide bonds. The lowest BCUT2D eigenvalue weighted by molar-refractivity contribution is 0.0349. The van der Waals surface area contributed by atoms with Crippen LogP contribution in [0.25, 0.3) is 0 Å². The summed E-state index contributed by atoms with van der Waals surface area (Å²) in [7, 11) is 0. The maximum absolute atomic E-state index is 9.24. The van der Waals surface area contributed by atoms with Crippen LogP contribution in [0.5, 0.6) is 0 Å². The summed E-state index contributed by atoms with van der Waals surface area (Å²) in [6.45, 7) is 8.92. The van der Waals surface area contributed by atoms with Crippen LogP contribution in [0.1, 0.15) is 25.8 Å². The van der Waals surface area contributed by atoms with Crippen LogP contribution in [-0.4, -0.2) is 58.2 Å². The van der Waals surface area contributed by atoms with Crippen molar-refractivity contribution in [3.8, 4) is 0 Å². The Morgan fingerprint density at radius 2 is 2.26 bits per heavy atom. The average Bonchev–Trinajstić information content (AvgIpc) is 2.40. The fourth-order valence-electron chi connectivity index (χ4n) is 2.91. The third-order valence-electron chi connectivity index (χ3n) is 3.87. The number of pyridine rings is 1. The van der Waals surface area contributed by atoms with Gasteiger partial charge in [-0.2, -0.15) is 0 Å². The number of nitrogens with zero attached hydrogens (tertiary/aromatic N) is 3. The zero-order valence-corrected chi connectivity index (χ0v) is 12.0. The largest absolute Gasteiger partial charge is 0.396 e. The van der Waals surface area contributed by atoms with Gasteiger partial charge in [0.1, 0.15) is 0 Å². The van der Waals surface area contributed by atoms with Gasteiger partial charge in [-0.05, 0) is 31.9 Å². The quantitative estimate of drug-likeness (QED) is 0.871. The first kappa shape index (κ1) is 14.4. The van der Waals surface area contributed by atoms with Crippen LogP contribution in [0.15, 0.2) is 24.5 Å². The van der Waals surface area contributed by atoms with Gasteiger partial charge in [-0.15, -0.1) is 0 Å². The Labute approximate surface area is 116 Å². The summed E-state index contributed by atoms with van der Waals surface area (Å²) in [6, 6.07) is 5.14. The van der Waals surface area contributed by atoms with Gasteiger partial charge in [-0.3, -0.25) is 14.8 Å². The molecule has 4 nitrogen and oxygen atoms in total. The Morgan fingerprint density at radius 1 is 1.42 bits per heavy atom. The van der Waals surface area contributed by atoms with E-state index in [1.165, 1.54) is 5.56 Å². The first-order chi connectivity index (χ1) is 9.20. The highest BCUT2D eigenvalue weighted by molar-refractivity contribution is 5.08. The van der Waals surface area contributed by atoms with E-state index in [0.29, 0.717) is 12.1 Å². The lowest BCUT2D eigenvalue weighted by Crippen LogP contribution is -2.55. The molecule has 4 heteroatoms. The molecule has 0 saturated carbocycles. The Kier molecular flexibility index (Phi) is 5.31. The third kappa shape index (κ3) is 4.00. The van der Waals surface area contributed by atoms with E-state index in [4.69, 9.17) is 0 Å². The van der Waals surface area contributed by atoms with Gasteiger partial charge in [0.05, 0.1) is 0 Å². The molecule has 19 heavy (non-hydrogen) atoms. The molecule has 1 aromatic rings. The van der Waals surface area contributed by atoms with E-state index in [1.807, 2.05) is 18.5 Å². The smallest absolute Gasteiger partial charge is 0.0446 e. The van der Waals surface area contributed by atoms with Crippen molar-refractivity contribution in [3.05, 3.63) is 30.1 Å². The van der Waals surface area contributed by atoms with Crippen molar-refractivity contribution in [2.45, 2.75) is 38.9 Å². The molecule has 0 unspecified atom stereocenters. The normalized spacial score (nSPS) is 22.0. The summed E-state index contributed by atoms with van der Waals surface area (Å²) < 4.78 is 0. The molecule has 2 rings (SSSR count). The highest BCUT2D eigenvalue weighted by Crippen LogP contribution is 2.17. The predicted octanol–water partition coefficient (Wildman–Crippen LogP) is 1.36. The second-order valence-electron chi connectivity index (χ2n) is 5.59. The fraction of sp³-hybridized carbons (Fsp3) is 0.667. The molecular weight excluding hydrogens is 238 g/mol. The van der Waals surface area contributed by atoms with Crippen molar-refractivity contribution >= 4 is 0 Å². The first-order valence-electron chi connectivity index (χ1n) is 7.18. The molecule has 0 spiro atoms. The second kappa shape index (κ2) is 6.98. The Hall–Kier alpha value is -0.970. The zero-order chi connectivity index (χ0) is 13.7. The maximum atomic E-state index is 9.24. The molecule has 0 bridgehead atoms. The molecule has 1 aromatic heterocycles. The number of hydrogen-bond donors (Lipinski definition) is 1. The topological polar surface area (TPSA) is 39.6 Å². The van der Waals surface area contributed by atoms with Crippen molar-refractivity contribution in [1.82, 2.24) is 14.8 Å². The minimum absolute atomic E-state index is 0.272. The number of hydrogen-bond acceptors (Lipinski definition) is 4. The van der Waals surface area contributed by atoms with Gasteiger partial charge in [-0.1, -0.05) is 6.07 Å². The Balaban J connectivity index is 1.94. The Bertz CT molecular complexity index is 369. The summed E-state index contributed by atoms with van der Waals surface area (Å²) in [4.78, 5) is 9.15. The number of piperazine rings is 1. The molecule has 106 valence electrons. The van der Waals surface area contributed by atoms with Crippen LogP contribution in [0.3, 0.4) is 0 Å². The monoisotopic (exact) mass is 263 g/mol. The van der Waals surface area contributed by atoms with Crippen LogP contribution in [0.2, 0.25) is 0 Å². The van der Waals surface area contributed by atoms with Crippen LogP contribution in [0, 0.1) is 0 Å². The van der Waals surface area contributed by atoms with Gasteiger partial charge in [0.15, 0.2) is 0 Å². The second-order valence-corrected chi connectivity index (χ2v) is 5.59. The number of aliphatic hydroxyl groups excluding tert-OH is 1. The molecule has 1 aliphatic rings. The van der Waals surface area contributed by atoms with Gasteiger partial charge < -0.3 is 5.11 Å². The average molecular weight is 263 g/mol. The number of rotatable bonds is 5. The minimum atomic E-state index is 0.272. The molecule has 1 atom stereocenters. The van der Waals surface area contributed by atoms with Crippen molar-refractivity contribution in [1.29, 1.82) is 0 Å². The van der Waals surface area contributed by atoms with Crippen LogP contribution >= 0.6 is 0 Å². The molecule has 0 radical (unpaired) electrons. The molecule has 1 saturated heterocycles. The van der Waals surface area contributed by atoms with Crippen LogP contribution < -0.4 is 0 Å². The van der Waals surface area contributed by atoms with Gasteiger partial charge in [0.25, 0.3) is 0 Å². The Morgan fingerprint density at radius 3 is 2.89 bits per heavy atom. The van der Waals surface area contributed by atoms with Gasteiger partial charge in [-0.25, -0.2) is 0 Å². The molecule has 1 aliphatic heterocycles. The maximum Gasteiger partial charge on any atom is 0.0446 e. The SMILES string of the molecule is CC(C)N1CCN(Cc2cccnc2)C[C@H]1CCO. The van der Waals surface area contributed by atoms with Crippen molar-refractivity contribution in [3.63, 3.8) is 0 Å². The van der Waals surface area contributed by atoms with E-state index in [0.717, 1.165) is 32.6 Å². The van der Waals surface area contributed by atoms with E-state index in [2.05, 4.69) is 34.7 Å². The lowest BCUT2D eigenvalue weighted by Gasteiger charge is -2.43. The summed E-state index contributed by atoms with van der Waals surface area (Å²) in [6.07, 6.45) is 4.62. The van der Waals surface area contributed by atoms with E-state index in [9.17, 15) is 5.11 Å². The molecule has 1 N–H and O–H groups in total. The standard InChI is InChI=1S/C15H25N3O/c1-13(2)18-8-7-17(12-15(18)5-9-19)11-14-4-3-6-16-10-14/h3-4,6,10,13,15,19H,5,7-9,11-12H2,1-2H3/t15-/m1/s1. The van der Waals surface area contributed by atoms with E-state index < -0.39 is 0 Å². The van der Waals surface area contributed by atoms with E-state index in [1.54, 1.807) is 0 Å². The van der Waals surface area contributed by atoms with E-state index >= 15 is 0 Å². The summed E-state index contributed by atoms with van der Waals surface area (Å²) in [5, 5.41) is 9.24. The molecule has 1 fully saturated rings. The molecule has 2 heterocycles. The molecular formula is C15H25N3O. The highest BCUT2D eigenvalue weighted by Gasteiger charge is 2.27. The third-order valence-corrected chi connectivity index (χ3v) is 3.87. The van der Waals surface area contributed by atoms with Crippen molar-refractivity contribution < 1.29 is 5.11 Å². The van der Waals surface area contributed by atoms with Crippen molar-refractivity contribution in [2.24, 2.45) is 0 Å². The lowest BCUT2D eigenvalue weighted by atomic mass is 10.1.